The van der Waals surface area contributed by atoms with E-state index >= 15 is 0 Å². The van der Waals surface area contributed by atoms with E-state index in [4.69, 9.17) is 0 Å². The molecule has 0 heterocycles. The number of benzene rings is 1. The van der Waals surface area contributed by atoms with E-state index in [2.05, 4.69) is 22.9 Å². The van der Waals surface area contributed by atoms with Crippen molar-refractivity contribution in [1.29, 1.82) is 0 Å². The minimum absolute atomic E-state index is 0.244. The summed E-state index contributed by atoms with van der Waals surface area (Å²) in [6, 6.07) is 4.86. The molecule has 2 rings (SSSR count). The van der Waals surface area contributed by atoms with Crippen molar-refractivity contribution in [2.75, 3.05) is 0 Å². The molecular weight excluding hydrogens is 307 g/mol. The summed E-state index contributed by atoms with van der Waals surface area (Å²) in [5, 5.41) is 10.3. The molecule has 0 amide bonds. The third kappa shape index (κ3) is 4.28. The van der Waals surface area contributed by atoms with Crippen molar-refractivity contribution in [2.45, 2.75) is 51.6 Å². The van der Waals surface area contributed by atoms with E-state index in [0.29, 0.717) is 12.3 Å². The van der Waals surface area contributed by atoms with Crippen LogP contribution in [0.5, 0.6) is 0 Å². The molecule has 1 nitrogen and oxygen atoms in total. The normalized spacial score (nSPS) is 25.3. The first-order chi connectivity index (χ1) is 9.08. The summed E-state index contributed by atoms with van der Waals surface area (Å²) in [7, 11) is 0. The van der Waals surface area contributed by atoms with E-state index in [0.717, 1.165) is 28.8 Å². The highest BCUT2D eigenvalue weighted by atomic mass is 79.9. The zero-order chi connectivity index (χ0) is 13.8. The number of halogens is 2. The predicted molar refractivity (Wildman–Crippen MR) is 79.5 cm³/mol. The predicted octanol–water partition coefficient (Wildman–Crippen LogP) is 4.71. The smallest absolute Gasteiger partial charge is 0.124 e. The average molecular weight is 329 g/mol. The fourth-order valence-corrected chi connectivity index (χ4v) is 3.63. The second kappa shape index (κ2) is 6.85. The van der Waals surface area contributed by atoms with Crippen molar-refractivity contribution in [3.8, 4) is 0 Å². The number of rotatable bonds is 4. The van der Waals surface area contributed by atoms with Gasteiger partial charge < -0.3 is 5.11 Å². The van der Waals surface area contributed by atoms with Gasteiger partial charge in [-0.25, -0.2) is 4.39 Å². The Morgan fingerprint density at radius 1 is 1.26 bits per heavy atom. The molecule has 0 aliphatic heterocycles. The monoisotopic (exact) mass is 328 g/mol. The van der Waals surface area contributed by atoms with Gasteiger partial charge in [-0.1, -0.05) is 42.1 Å². The molecule has 3 heteroatoms. The summed E-state index contributed by atoms with van der Waals surface area (Å²) in [5.41, 5.74) is 0.872. The van der Waals surface area contributed by atoms with Crippen molar-refractivity contribution in [2.24, 2.45) is 11.8 Å². The molecule has 1 aliphatic carbocycles. The number of aliphatic hydroxyl groups excluding tert-OH is 1. The van der Waals surface area contributed by atoms with Gasteiger partial charge in [-0.05, 0) is 54.9 Å². The molecule has 1 atom stereocenters. The summed E-state index contributed by atoms with van der Waals surface area (Å²) in [4.78, 5) is 0. The minimum Gasteiger partial charge on any atom is -0.392 e. The second-order valence-electron chi connectivity index (χ2n) is 5.74. The molecule has 1 unspecified atom stereocenters. The maximum absolute atomic E-state index is 13.3. The Bertz CT molecular complexity index is 393. The lowest BCUT2D eigenvalue weighted by molar-refractivity contribution is 0.0735. The zero-order valence-corrected chi connectivity index (χ0v) is 13.0. The van der Waals surface area contributed by atoms with Crippen LogP contribution in [0.1, 0.15) is 44.6 Å². The molecule has 106 valence electrons. The largest absolute Gasteiger partial charge is 0.392 e. The highest BCUT2D eigenvalue weighted by molar-refractivity contribution is 9.10. The van der Waals surface area contributed by atoms with Gasteiger partial charge in [0, 0.05) is 4.47 Å². The van der Waals surface area contributed by atoms with E-state index in [1.165, 1.54) is 31.4 Å². The Morgan fingerprint density at radius 3 is 2.53 bits per heavy atom. The first-order valence-electron chi connectivity index (χ1n) is 7.21. The van der Waals surface area contributed by atoms with E-state index < -0.39 is 0 Å². The quantitative estimate of drug-likeness (QED) is 0.848. The first-order valence-corrected chi connectivity index (χ1v) is 8.00. The van der Waals surface area contributed by atoms with Crippen molar-refractivity contribution >= 4 is 15.9 Å². The van der Waals surface area contributed by atoms with Crippen LogP contribution in [-0.4, -0.2) is 11.2 Å². The molecule has 1 aliphatic rings. The van der Waals surface area contributed by atoms with E-state index in [1.54, 1.807) is 0 Å². The summed E-state index contributed by atoms with van der Waals surface area (Å²) in [5.74, 6) is 0.975. The molecule has 0 spiro atoms. The lowest BCUT2D eigenvalue weighted by Gasteiger charge is -2.31. The molecular formula is C16H22BrFO. The van der Waals surface area contributed by atoms with Gasteiger partial charge in [0.2, 0.25) is 0 Å². The van der Waals surface area contributed by atoms with Gasteiger partial charge in [-0.3, -0.25) is 0 Å². The Morgan fingerprint density at radius 2 is 1.95 bits per heavy atom. The van der Waals surface area contributed by atoms with Gasteiger partial charge in [0.05, 0.1) is 6.10 Å². The third-order valence-electron chi connectivity index (χ3n) is 4.38. The van der Waals surface area contributed by atoms with Crippen LogP contribution in [0.3, 0.4) is 0 Å². The van der Waals surface area contributed by atoms with Crippen molar-refractivity contribution in [3.63, 3.8) is 0 Å². The van der Waals surface area contributed by atoms with Gasteiger partial charge >= 0.3 is 0 Å². The summed E-state index contributed by atoms with van der Waals surface area (Å²) in [6.07, 6.45) is 6.13. The van der Waals surface area contributed by atoms with Gasteiger partial charge in [-0.2, -0.15) is 0 Å². The van der Waals surface area contributed by atoms with Crippen LogP contribution >= 0.6 is 15.9 Å². The molecule has 1 N–H and O–H groups in total. The van der Waals surface area contributed by atoms with Crippen molar-refractivity contribution < 1.29 is 9.50 Å². The second-order valence-corrected chi connectivity index (χ2v) is 6.65. The highest BCUT2D eigenvalue weighted by Gasteiger charge is 2.25. The Labute approximate surface area is 123 Å². The maximum atomic E-state index is 13.3. The summed E-state index contributed by atoms with van der Waals surface area (Å²) in [6.45, 7) is 2.24. The van der Waals surface area contributed by atoms with E-state index in [1.807, 2.05) is 6.07 Å². The molecule has 0 aromatic heterocycles. The molecule has 0 bridgehead atoms. The number of hydrogen-bond acceptors (Lipinski definition) is 1. The van der Waals surface area contributed by atoms with Crippen LogP contribution in [0.25, 0.3) is 0 Å². The summed E-state index contributed by atoms with van der Waals surface area (Å²) < 4.78 is 14.0. The number of hydrogen-bond donors (Lipinski definition) is 1. The minimum atomic E-state index is -0.341. The topological polar surface area (TPSA) is 20.2 Å². The van der Waals surface area contributed by atoms with Crippen LogP contribution in [0.4, 0.5) is 4.39 Å². The molecule has 1 aromatic carbocycles. The van der Waals surface area contributed by atoms with Crippen molar-refractivity contribution in [1.82, 2.24) is 0 Å². The Hall–Kier alpha value is -0.410. The fraction of sp³-hybridized carbons (Fsp3) is 0.625. The first kappa shape index (κ1) is 15.0. The Balaban J connectivity index is 1.92. The molecule has 1 saturated carbocycles. The van der Waals surface area contributed by atoms with Crippen LogP contribution in [0.2, 0.25) is 0 Å². The van der Waals surface area contributed by atoms with Gasteiger partial charge in [0.25, 0.3) is 0 Å². The lowest BCUT2D eigenvalue weighted by Crippen LogP contribution is -2.27. The molecule has 19 heavy (non-hydrogen) atoms. The number of aliphatic hydroxyl groups is 1. The van der Waals surface area contributed by atoms with Crippen LogP contribution in [-0.2, 0) is 6.42 Å². The van der Waals surface area contributed by atoms with Crippen LogP contribution < -0.4 is 0 Å². The highest BCUT2D eigenvalue weighted by Crippen LogP contribution is 2.33. The Kier molecular flexibility index (Phi) is 5.40. The SMILES string of the molecule is CCC1CCC(C(O)Cc2cc(F)cc(Br)c2)CC1. The van der Waals surface area contributed by atoms with Crippen molar-refractivity contribution in [3.05, 3.63) is 34.1 Å². The molecule has 0 radical (unpaired) electrons. The van der Waals surface area contributed by atoms with E-state index in [9.17, 15) is 9.50 Å². The van der Waals surface area contributed by atoms with E-state index in [-0.39, 0.29) is 11.9 Å². The van der Waals surface area contributed by atoms with Gasteiger partial charge in [-0.15, -0.1) is 0 Å². The molecule has 0 saturated heterocycles. The van der Waals surface area contributed by atoms with Crippen LogP contribution in [0.15, 0.2) is 22.7 Å². The van der Waals surface area contributed by atoms with Gasteiger partial charge in [0.15, 0.2) is 0 Å². The molecule has 1 aromatic rings. The summed E-state index contributed by atoms with van der Waals surface area (Å²) >= 11 is 3.29. The standard InChI is InChI=1S/C16H22BrFO/c1-2-11-3-5-13(6-4-11)16(19)9-12-7-14(17)10-15(18)8-12/h7-8,10-11,13,16,19H,2-6,9H2,1H3. The van der Waals surface area contributed by atoms with Crippen LogP contribution in [0, 0.1) is 17.7 Å². The van der Waals surface area contributed by atoms with Gasteiger partial charge in [0.1, 0.15) is 5.82 Å². The molecule has 1 fully saturated rings. The fourth-order valence-electron chi connectivity index (χ4n) is 3.12. The zero-order valence-electron chi connectivity index (χ0n) is 11.4. The third-order valence-corrected chi connectivity index (χ3v) is 4.84. The maximum Gasteiger partial charge on any atom is 0.124 e. The lowest BCUT2D eigenvalue weighted by atomic mass is 9.77. The average Bonchev–Trinajstić information content (AvgIpc) is 2.37.